The lowest BCUT2D eigenvalue weighted by Gasteiger charge is -2.34. The van der Waals surface area contributed by atoms with Crippen LogP contribution in [0.3, 0.4) is 0 Å². The first-order valence-corrected chi connectivity index (χ1v) is 12.3. The molecule has 1 saturated heterocycles. The number of rotatable bonds is 0. The first kappa shape index (κ1) is 23.5. The van der Waals surface area contributed by atoms with Crippen molar-refractivity contribution >= 4 is 35.0 Å². The third-order valence-corrected chi connectivity index (χ3v) is 6.37. The Kier molecular flexibility index (Phi) is 7.37. The zero-order valence-corrected chi connectivity index (χ0v) is 20.3. The number of nitrogens with one attached hydrogen (secondary N) is 3. The number of piperazine rings is 1. The van der Waals surface area contributed by atoms with E-state index < -0.39 is 0 Å². The Morgan fingerprint density at radius 3 is 2.49 bits per heavy atom. The first-order chi connectivity index (χ1) is 17.1. The molecule has 182 valence electrons. The number of carbonyl (C=O) groups is 1. The van der Waals surface area contributed by atoms with Crippen molar-refractivity contribution in [1.29, 1.82) is 0 Å². The van der Waals surface area contributed by atoms with E-state index in [0.717, 1.165) is 74.0 Å². The number of hydrogen-bond donors (Lipinski definition) is 3. The van der Waals surface area contributed by atoms with Gasteiger partial charge in [0.05, 0.1) is 12.2 Å². The summed E-state index contributed by atoms with van der Waals surface area (Å²) in [6, 6.07) is 11.7. The zero-order chi connectivity index (χ0) is 24.0. The van der Waals surface area contributed by atoms with E-state index in [0.29, 0.717) is 24.1 Å². The zero-order valence-electron chi connectivity index (χ0n) is 19.5. The quantitative estimate of drug-likeness (QED) is 0.440. The largest absolute Gasteiger partial charge is 0.370 e. The van der Waals surface area contributed by atoms with Crippen LogP contribution in [0.5, 0.6) is 0 Å². The molecular formula is C25H29ClN8O. The molecule has 9 nitrogen and oxygen atoms in total. The number of aromatic nitrogens is 3. The van der Waals surface area contributed by atoms with Crippen LogP contribution in [0.4, 0.5) is 17.5 Å². The highest BCUT2D eigenvalue weighted by Crippen LogP contribution is 2.24. The van der Waals surface area contributed by atoms with Gasteiger partial charge in [0.25, 0.3) is 0 Å². The molecule has 0 radical (unpaired) electrons. The van der Waals surface area contributed by atoms with E-state index in [1.165, 1.54) is 0 Å². The molecule has 2 aromatic heterocycles. The van der Waals surface area contributed by atoms with Crippen LogP contribution in [0.1, 0.15) is 12.0 Å². The van der Waals surface area contributed by atoms with Gasteiger partial charge in [0.15, 0.2) is 0 Å². The third-order valence-electron chi connectivity index (χ3n) is 6.15. The third kappa shape index (κ3) is 6.45. The predicted octanol–water partition coefficient (Wildman–Crippen LogP) is 2.99. The number of nitrogens with zero attached hydrogens (tertiary/aromatic N) is 5. The van der Waals surface area contributed by atoms with Crippen molar-refractivity contribution in [3.63, 3.8) is 0 Å². The molecule has 1 fully saturated rings. The van der Waals surface area contributed by atoms with E-state index in [2.05, 4.69) is 46.8 Å². The predicted molar refractivity (Wildman–Crippen MR) is 138 cm³/mol. The SMILES string of the molecule is O=C1CN2CCN(CC2)Cc2cc(Cl)cc(c2)Nc2nccc(n2)-c2ccc(nc2)NCCCN1. The monoisotopic (exact) mass is 492 g/mol. The maximum Gasteiger partial charge on any atom is 0.234 e. The van der Waals surface area contributed by atoms with Gasteiger partial charge in [-0.3, -0.25) is 14.6 Å². The Labute approximate surface area is 209 Å². The second kappa shape index (κ2) is 11.0. The highest BCUT2D eigenvalue weighted by Gasteiger charge is 2.19. The summed E-state index contributed by atoms with van der Waals surface area (Å²) in [7, 11) is 0. The van der Waals surface area contributed by atoms with Crippen LogP contribution in [0.2, 0.25) is 5.02 Å². The van der Waals surface area contributed by atoms with Gasteiger partial charge in [-0.15, -0.1) is 0 Å². The Morgan fingerprint density at radius 2 is 1.69 bits per heavy atom. The maximum atomic E-state index is 12.3. The molecule has 5 aliphatic heterocycles. The summed E-state index contributed by atoms with van der Waals surface area (Å²) in [5.41, 5.74) is 3.64. The van der Waals surface area contributed by atoms with Gasteiger partial charge >= 0.3 is 0 Å². The van der Waals surface area contributed by atoms with Crippen LogP contribution < -0.4 is 16.0 Å². The van der Waals surface area contributed by atoms with Gasteiger partial charge in [0.1, 0.15) is 5.82 Å². The minimum Gasteiger partial charge on any atom is -0.370 e. The van der Waals surface area contributed by atoms with Crippen LogP contribution in [-0.2, 0) is 11.3 Å². The highest BCUT2D eigenvalue weighted by molar-refractivity contribution is 6.31. The van der Waals surface area contributed by atoms with Gasteiger partial charge in [0, 0.05) is 74.5 Å². The molecule has 35 heavy (non-hydrogen) atoms. The van der Waals surface area contributed by atoms with Crippen molar-refractivity contribution in [1.82, 2.24) is 30.1 Å². The number of benzene rings is 1. The molecule has 3 N–H and O–H groups in total. The molecule has 0 unspecified atom stereocenters. The number of anilines is 3. The Morgan fingerprint density at radius 1 is 0.886 bits per heavy atom. The number of halogens is 1. The van der Waals surface area contributed by atoms with Crippen molar-refractivity contribution in [2.75, 3.05) is 56.4 Å². The number of amides is 1. The van der Waals surface area contributed by atoms with Gasteiger partial charge in [-0.1, -0.05) is 11.6 Å². The maximum absolute atomic E-state index is 12.3. The summed E-state index contributed by atoms with van der Waals surface area (Å²) in [5, 5.41) is 10.3. The van der Waals surface area contributed by atoms with E-state index in [-0.39, 0.29) is 5.91 Å². The van der Waals surface area contributed by atoms with Gasteiger partial charge in [-0.2, -0.15) is 0 Å². The van der Waals surface area contributed by atoms with Crippen molar-refractivity contribution in [3.8, 4) is 11.3 Å². The second-order valence-electron chi connectivity index (χ2n) is 8.85. The van der Waals surface area contributed by atoms with Gasteiger partial charge in [-0.05, 0) is 48.4 Å². The van der Waals surface area contributed by atoms with Crippen LogP contribution in [0, 0.1) is 0 Å². The van der Waals surface area contributed by atoms with Crippen molar-refractivity contribution in [2.45, 2.75) is 13.0 Å². The topological polar surface area (TPSA) is 98.3 Å². The van der Waals surface area contributed by atoms with Gasteiger partial charge in [-0.25, -0.2) is 15.0 Å². The summed E-state index contributed by atoms with van der Waals surface area (Å²) in [5.74, 6) is 1.37. The molecule has 7 heterocycles. The molecule has 1 amide bonds. The molecule has 8 rings (SSSR count). The van der Waals surface area contributed by atoms with E-state index in [1.807, 2.05) is 30.3 Å². The minimum atomic E-state index is 0.0766. The van der Waals surface area contributed by atoms with Crippen LogP contribution >= 0.6 is 11.6 Å². The lowest BCUT2D eigenvalue weighted by atomic mass is 10.1. The Bertz CT molecular complexity index is 1160. The molecule has 10 heteroatoms. The summed E-state index contributed by atoms with van der Waals surface area (Å²) < 4.78 is 0. The molecule has 3 aromatic rings. The fourth-order valence-electron chi connectivity index (χ4n) is 4.33. The van der Waals surface area contributed by atoms with E-state index in [4.69, 9.17) is 11.6 Å². The van der Waals surface area contributed by atoms with Crippen LogP contribution in [0.25, 0.3) is 11.3 Å². The molecule has 1 aromatic carbocycles. The van der Waals surface area contributed by atoms with Gasteiger partial charge < -0.3 is 16.0 Å². The first-order valence-electron chi connectivity index (χ1n) is 11.9. The molecule has 0 saturated carbocycles. The van der Waals surface area contributed by atoms with Gasteiger partial charge in [0.2, 0.25) is 11.9 Å². The molecule has 0 aliphatic carbocycles. The van der Waals surface area contributed by atoms with E-state index >= 15 is 0 Å². The van der Waals surface area contributed by atoms with E-state index in [9.17, 15) is 4.79 Å². The second-order valence-corrected chi connectivity index (χ2v) is 9.29. The number of hydrogen-bond acceptors (Lipinski definition) is 8. The molecular weight excluding hydrogens is 464 g/mol. The van der Waals surface area contributed by atoms with Crippen LogP contribution in [0.15, 0.2) is 48.8 Å². The lowest BCUT2D eigenvalue weighted by Crippen LogP contribution is -2.49. The highest BCUT2D eigenvalue weighted by atomic mass is 35.5. The molecule has 0 spiro atoms. The van der Waals surface area contributed by atoms with Crippen molar-refractivity contribution < 1.29 is 4.79 Å². The molecule has 8 bridgehead atoms. The smallest absolute Gasteiger partial charge is 0.234 e. The summed E-state index contributed by atoms with van der Waals surface area (Å²) >= 11 is 6.44. The summed E-state index contributed by atoms with van der Waals surface area (Å²) in [6.45, 7) is 6.13. The average Bonchev–Trinajstić information content (AvgIpc) is 2.85. The number of carbonyl (C=O) groups excluding carboxylic acids is 1. The summed E-state index contributed by atoms with van der Waals surface area (Å²) in [6.07, 6.45) is 4.35. The Hall–Kier alpha value is -3.27. The van der Waals surface area contributed by atoms with Crippen molar-refractivity contribution in [2.24, 2.45) is 0 Å². The summed E-state index contributed by atoms with van der Waals surface area (Å²) in [4.78, 5) is 30.5. The van der Waals surface area contributed by atoms with Crippen molar-refractivity contribution in [3.05, 3.63) is 59.4 Å². The molecule has 5 aliphatic rings. The fraction of sp³-hybridized carbons (Fsp3) is 0.360. The standard InChI is InChI=1S/C25H29ClN8O/c26-20-12-18-13-21(14-20)31-25-29-7-4-22(32-25)19-2-3-23(30-15-19)27-5-1-6-28-24(35)17-34-10-8-33(16-18)9-11-34/h2-4,7,12-15H,1,5-6,8-11,16-17H2,(H,27,30)(H,28,35)(H,29,31,32). The number of pyridine rings is 1. The molecule has 0 atom stereocenters. The average molecular weight is 493 g/mol. The lowest BCUT2D eigenvalue weighted by molar-refractivity contribution is -0.122. The minimum absolute atomic E-state index is 0.0766. The fourth-order valence-corrected chi connectivity index (χ4v) is 4.59. The normalized spacial score (nSPS) is 21.0. The van der Waals surface area contributed by atoms with Crippen LogP contribution in [-0.4, -0.2) is 76.5 Å². The Balaban J connectivity index is 1.38. The van der Waals surface area contributed by atoms with E-state index in [1.54, 1.807) is 12.4 Å².